The molecule has 1 unspecified atom stereocenters. The van der Waals surface area contributed by atoms with Crippen LogP contribution in [0, 0.1) is 0 Å². The minimum absolute atomic E-state index is 0.146. The molecule has 0 aromatic heterocycles. The summed E-state index contributed by atoms with van der Waals surface area (Å²) in [5.74, 6) is -0.00191. The van der Waals surface area contributed by atoms with Gasteiger partial charge in [-0.25, -0.2) is 4.79 Å². The number of ether oxygens (including phenoxy) is 1. The lowest BCUT2D eigenvalue weighted by atomic mass is 9.75. The Balaban J connectivity index is 1.84. The first kappa shape index (κ1) is 15.2. The van der Waals surface area contributed by atoms with Gasteiger partial charge in [0, 0.05) is 23.6 Å². The minimum Gasteiger partial charge on any atom is -0.456 e. The van der Waals surface area contributed by atoms with E-state index in [4.69, 9.17) is 4.74 Å². The molecule has 24 heavy (non-hydrogen) atoms. The van der Waals surface area contributed by atoms with Crippen LogP contribution in [-0.2, 0) is 14.3 Å². The Morgan fingerprint density at radius 2 is 1.79 bits per heavy atom. The Hall–Kier alpha value is -2.36. The maximum Gasteiger partial charge on any atom is 0.337 e. The van der Waals surface area contributed by atoms with Crippen molar-refractivity contribution in [3.8, 4) is 0 Å². The van der Waals surface area contributed by atoms with Gasteiger partial charge in [-0.3, -0.25) is 4.79 Å². The quantitative estimate of drug-likeness (QED) is 0.848. The summed E-state index contributed by atoms with van der Waals surface area (Å²) < 4.78 is 5.24. The van der Waals surface area contributed by atoms with E-state index in [9.17, 15) is 9.59 Å². The van der Waals surface area contributed by atoms with Gasteiger partial charge in [-0.15, -0.1) is 0 Å². The fourth-order valence-electron chi connectivity index (χ4n) is 3.87. The van der Waals surface area contributed by atoms with E-state index in [1.165, 1.54) is 5.56 Å². The SMILES string of the molecule is CC(C)c1ccc(C2C3=C(CCCC3=O)NC3=C2C(=O)OC3)cc1. The van der Waals surface area contributed by atoms with Crippen LogP contribution in [0.1, 0.15) is 56.1 Å². The van der Waals surface area contributed by atoms with E-state index in [0.29, 0.717) is 17.9 Å². The highest BCUT2D eigenvalue weighted by atomic mass is 16.5. The number of dihydropyridines is 1. The zero-order chi connectivity index (χ0) is 16.8. The van der Waals surface area contributed by atoms with Crippen molar-refractivity contribution in [1.29, 1.82) is 0 Å². The van der Waals surface area contributed by atoms with E-state index in [0.717, 1.165) is 35.4 Å². The zero-order valence-electron chi connectivity index (χ0n) is 14.0. The van der Waals surface area contributed by atoms with Crippen molar-refractivity contribution in [2.75, 3.05) is 6.61 Å². The topological polar surface area (TPSA) is 55.4 Å². The van der Waals surface area contributed by atoms with Crippen LogP contribution >= 0.6 is 0 Å². The smallest absolute Gasteiger partial charge is 0.337 e. The van der Waals surface area contributed by atoms with Crippen molar-refractivity contribution < 1.29 is 14.3 Å². The van der Waals surface area contributed by atoms with Crippen molar-refractivity contribution >= 4 is 11.8 Å². The highest BCUT2D eigenvalue weighted by Crippen LogP contribution is 2.44. The van der Waals surface area contributed by atoms with Crippen LogP contribution in [0.3, 0.4) is 0 Å². The van der Waals surface area contributed by atoms with Crippen molar-refractivity contribution in [2.24, 2.45) is 0 Å². The third-order valence-corrected chi connectivity index (χ3v) is 5.16. The van der Waals surface area contributed by atoms with E-state index < -0.39 is 0 Å². The summed E-state index contributed by atoms with van der Waals surface area (Å²) in [6, 6.07) is 8.29. The summed E-state index contributed by atoms with van der Waals surface area (Å²) in [5, 5.41) is 3.30. The number of nitrogens with one attached hydrogen (secondary N) is 1. The molecule has 0 fully saturated rings. The standard InChI is InChI=1S/C20H21NO3/c1-11(2)12-6-8-13(9-7-12)17-18-14(4-3-5-16(18)22)21-15-10-24-20(23)19(15)17/h6-9,11,17,21H,3-5,10H2,1-2H3. The Morgan fingerprint density at radius 3 is 2.50 bits per heavy atom. The molecule has 0 bridgehead atoms. The van der Waals surface area contributed by atoms with Crippen molar-refractivity contribution in [2.45, 2.75) is 44.9 Å². The molecular weight excluding hydrogens is 302 g/mol. The van der Waals surface area contributed by atoms with Gasteiger partial charge in [-0.2, -0.15) is 0 Å². The highest BCUT2D eigenvalue weighted by Gasteiger charge is 2.42. The van der Waals surface area contributed by atoms with E-state index in [2.05, 4.69) is 31.3 Å². The zero-order valence-corrected chi connectivity index (χ0v) is 14.0. The lowest BCUT2D eigenvalue weighted by Crippen LogP contribution is -2.32. The molecule has 124 valence electrons. The molecule has 1 N–H and O–H groups in total. The van der Waals surface area contributed by atoms with Gasteiger partial charge in [0.2, 0.25) is 0 Å². The summed E-state index contributed by atoms with van der Waals surface area (Å²) >= 11 is 0. The first-order chi connectivity index (χ1) is 11.6. The number of benzene rings is 1. The molecule has 2 aliphatic heterocycles. The van der Waals surface area contributed by atoms with Crippen LogP contribution < -0.4 is 5.32 Å². The summed E-state index contributed by atoms with van der Waals surface area (Å²) in [5.41, 5.74) is 5.42. The van der Waals surface area contributed by atoms with Crippen LogP contribution in [0.2, 0.25) is 0 Å². The molecule has 0 radical (unpaired) electrons. The van der Waals surface area contributed by atoms with Crippen molar-refractivity contribution in [3.63, 3.8) is 0 Å². The predicted octanol–water partition coefficient (Wildman–Crippen LogP) is 3.31. The predicted molar refractivity (Wildman–Crippen MR) is 90.3 cm³/mol. The molecule has 3 aliphatic rings. The van der Waals surface area contributed by atoms with E-state index >= 15 is 0 Å². The Bertz CT molecular complexity index is 784. The summed E-state index contributed by atoms with van der Waals surface area (Å²) in [6.07, 6.45) is 2.27. The van der Waals surface area contributed by atoms with Crippen molar-refractivity contribution in [3.05, 3.63) is 57.9 Å². The number of carbonyl (C=O) groups excluding carboxylic acids is 2. The monoisotopic (exact) mass is 323 g/mol. The first-order valence-corrected chi connectivity index (χ1v) is 8.59. The number of hydrogen-bond donors (Lipinski definition) is 1. The molecule has 4 rings (SSSR count). The molecule has 1 atom stereocenters. The second kappa shape index (κ2) is 5.62. The number of hydrogen-bond acceptors (Lipinski definition) is 4. The molecule has 0 spiro atoms. The summed E-state index contributed by atoms with van der Waals surface area (Å²) in [4.78, 5) is 24.9. The van der Waals surface area contributed by atoms with Gasteiger partial charge in [0.05, 0.1) is 11.3 Å². The van der Waals surface area contributed by atoms with Gasteiger partial charge in [-0.1, -0.05) is 38.1 Å². The van der Waals surface area contributed by atoms with Crippen LogP contribution in [0.25, 0.3) is 0 Å². The Morgan fingerprint density at radius 1 is 1.04 bits per heavy atom. The Kier molecular flexibility index (Phi) is 3.56. The van der Waals surface area contributed by atoms with Crippen LogP contribution in [0.5, 0.6) is 0 Å². The molecule has 0 amide bonds. The average Bonchev–Trinajstić information content (AvgIpc) is 2.94. The third kappa shape index (κ3) is 2.29. The minimum atomic E-state index is -0.305. The van der Waals surface area contributed by atoms with E-state index in [1.54, 1.807) is 0 Å². The molecule has 2 heterocycles. The number of allylic oxidation sites excluding steroid dienone is 2. The van der Waals surface area contributed by atoms with Gasteiger partial charge in [0.25, 0.3) is 0 Å². The highest BCUT2D eigenvalue weighted by molar-refractivity contribution is 6.04. The Labute approximate surface area is 141 Å². The van der Waals surface area contributed by atoms with E-state index in [-0.39, 0.29) is 24.3 Å². The normalized spacial score (nSPS) is 23.2. The largest absolute Gasteiger partial charge is 0.456 e. The number of esters is 1. The second-order valence-corrected chi connectivity index (χ2v) is 7.02. The molecule has 1 aromatic carbocycles. The molecule has 4 heteroatoms. The number of ketones is 1. The molecular formula is C20H21NO3. The fraction of sp³-hybridized carbons (Fsp3) is 0.400. The average molecular weight is 323 g/mol. The maximum atomic E-state index is 12.6. The molecule has 4 nitrogen and oxygen atoms in total. The lowest BCUT2D eigenvalue weighted by Gasteiger charge is -2.32. The molecule has 1 aromatic rings. The number of carbonyl (C=O) groups is 2. The maximum absolute atomic E-state index is 12.6. The third-order valence-electron chi connectivity index (χ3n) is 5.16. The summed E-state index contributed by atoms with van der Waals surface area (Å²) in [7, 11) is 0. The van der Waals surface area contributed by atoms with Crippen LogP contribution in [0.15, 0.2) is 46.8 Å². The number of rotatable bonds is 2. The van der Waals surface area contributed by atoms with Crippen LogP contribution in [0.4, 0.5) is 0 Å². The first-order valence-electron chi connectivity index (χ1n) is 8.59. The summed E-state index contributed by atoms with van der Waals surface area (Å²) in [6.45, 7) is 4.58. The van der Waals surface area contributed by atoms with Gasteiger partial charge >= 0.3 is 5.97 Å². The molecule has 0 saturated heterocycles. The number of cyclic esters (lactones) is 1. The molecule has 0 saturated carbocycles. The van der Waals surface area contributed by atoms with E-state index in [1.807, 2.05) is 12.1 Å². The fourth-order valence-corrected chi connectivity index (χ4v) is 3.87. The second-order valence-electron chi connectivity index (χ2n) is 7.02. The van der Waals surface area contributed by atoms with Crippen molar-refractivity contribution in [1.82, 2.24) is 5.32 Å². The lowest BCUT2D eigenvalue weighted by molar-refractivity contribution is -0.136. The van der Waals surface area contributed by atoms with Gasteiger partial charge in [0.1, 0.15) is 6.61 Å². The molecule has 1 aliphatic carbocycles. The van der Waals surface area contributed by atoms with Gasteiger partial charge < -0.3 is 10.1 Å². The van der Waals surface area contributed by atoms with Crippen LogP contribution in [-0.4, -0.2) is 18.4 Å². The number of Topliss-reactive ketones (excluding diaryl/α,β-unsaturated/α-hetero) is 1. The van der Waals surface area contributed by atoms with Gasteiger partial charge in [0.15, 0.2) is 5.78 Å². The van der Waals surface area contributed by atoms with Gasteiger partial charge in [-0.05, 0) is 29.9 Å².